The first kappa shape index (κ1) is 15.6. The van der Waals surface area contributed by atoms with Gasteiger partial charge in [-0.3, -0.25) is 4.79 Å². The van der Waals surface area contributed by atoms with Gasteiger partial charge in [-0.1, -0.05) is 19.3 Å². The van der Waals surface area contributed by atoms with Crippen LogP contribution in [0.5, 0.6) is 5.75 Å². The van der Waals surface area contributed by atoms with Gasteiger partial charge >= 0.3 is 5.63 Å². The Hall–Kier alpha value is -2.30. The first-order valence-electron chi connectivity index (χ1n) is 8.07. The molecule has 1 aromatic heterocycles. The molecular formula is C18H21NO4. The van der Waals surface area contributed by atoms with Gasteiger partial charge in [0.05, 0.1) is 12.5 Å². The molecule has 0 radical (unpaired) electrons. The number of fused-ring (bicyclic) bond motifs is 1. The Morgan fingerprint density at radius 1 is 1.26 bits per heavy atom. The number of ether oxygens (including phenoxy) is 1. The summed E-state index contributed by atoms with van der Waals surface area (Å²) in [5.41, 5.74) is -0.507. The van der Waals surface area contributed by atoms with E-state index in [1.807, 2.05) is 0 Å². The van der Waals surface area contributed by atoms with E-state index in [9.17, 15) is 9.59 Å². The fourth-order valence-electron chi connectivity index (χ4n) is 3.13. The summed E-state index contributed by atoms with van der Waals surface area (Å²) in [6, 6.07) is 6.66. The highest BCUT2D eigenvalue weighted by Crippen LogP contribution is 2.23. The predicted octanol–water partition coefficient (Wildman–Crippen LogP) is 3.11. The summed E-state index contributed by atoms with van der Waals surface area (Å²) >= 11 is 0. The van der Waals surface area contributed by atoms with Gasteiger partial charge in [0.15, 0.2) is 5.76 Å². The highest BCUT2D eigenvalue weighted by molar-refractivity contribution is 5.95. The summed E-state index contributed by atoms with van der Waals surface area (Å²) in [6.07, 6.45) is 6.04. The second-order valence-corrected chi connectivity index (χ2v) is 6.07. The zero-order valence-electron chi connectivity index (χ0n) is 13.3. The molecule has 1 heterocycles. The van der Waals surface area contributed by atoms with E-state index in [2.05, 4.69) is 5.32 Å². The Morgan fingerprint density at radius 3 is 2.78 bits per heavy atom. The van der Waals surface area contributed by atoms with Gasteiger partial charge in [0.2, 0.25) is 0 Å². The molecule has 1 N–H and O–H groups in total. The lowest BCUT2D eigenvalue weighted by atomic mass is 9.89. The molecule has 0 bridgehead atoms. The molecule has 1 saturated carbocycles. The Labute approximate surface area is 134 Å². The van der Waals surface area contributed by atoms with Crippen molar-refractivity contribution in [1.82, 2.24) is 5.32 Å². The zero-order chi connectivity index (χ0) is 16.2. The van der Waals surface area contributed by atoms with Crippen molar-refractivity contribution < 1.29 is 13.9 Å². The van der Waals surface area contributed by atoms with Crippen LogP contribution in [0.4, 0.5) is 0 Å². The van der Waals surface area contributed by atoms with Crippen molar-refractivity contribution >= 4 is 16.7 Å². The average molecular weight is 315 g/mol. The Balaban J connectivity index is 1.78. The third-order valence-electron chi connectivity index (χ3n) is 4.47. The van der Waals surface area contributed by atoms with Gasteiger partial charge in [-0.2, -0.15) is 0 Å². The standard InChI is InChI=1S/C18H21NO4/c1-22-14-7-8-15-13(9-14)10-16(23-18(15)21)17(20)19-11-12-5-3-2-4-6-12/h7-10,12H,2-6,11H2,1H3,(H,19,20). The topological polar surface area (TPSA) is 68.5 Å². The van der Waals surface area contributed by atoms with Crippen molar-refractivity contribution in [2.75, 3.05) is 13.7 Å². The molecule has 0 unspecified atom stereocenters. The lowest BCUT2D eigenvalue weighted by Gasteiger charge is -2.21. The minimum absolute atomic E-state index is 0.0477. The Morgan fingerprint density at radius 2 is 2.04 bits per heavy atom. The van der Waals surface area contributed by atoms with E-state index in [0.717, 1.165) is 12.8 Å². The highest BCUT2D eigenvalue weighted by atomic mass is 16.5. The molecule has 0 spiro atoms. The van der Waals surface area contributed by atoms with Crippen molar-refractivity contribution in [3.05, 3.63) is 40.4 Å². The number of carbonyl (C=O) groups is 1. The van der Waals surface area contributed by atoms with Crippen molar-refractivity contribution in [3.63, 3.8) is 0 Å². The van der Waals surface area contributed by atoms with Crippen LogP contribution in [-0.4, -0.2) is 19.6 Å². The van der Waals surface area contributed by atoms with Gasteiger partial charge in [-0.25, -0.2) is 4.79 Å². The largest absolute Gasteiger partial charge is 0.497 e. The lowest BCUT2D eigenvalue weighted by molar-refractivity contribution is 0.0912. The van der Waals surface area contributed by atoms with Crippen LogP contribution in [0.25, 0.3) is 10.8 Å². The summed E-state index contributed by atoms with van der Waals surface area (Å²) in [4.78, 5) is 24.3. The SMILES string of the molecule is COc1ccc2c(=O)oc(C(=O)NCC3CCCCC3)cc2c1. The first-order valence-corrected chi connectivity index (χ1v) is 8.07. The highest BCUT2D eigenvalue weighted by Gasteiger charge is 2.17. The van der Waals surface area contributed by atoms with Gasteiger partial charge in [0.1, 0.15) is 5.75 Å². The Kier molecular flexibility index (Phi) is 4.65. The summed E-state index contributed by atoms with van der Waals surface area (Å²) in [5.74, 6) is 0.876. The van der Waals surface area contributed by atoms with Crippen LogP contribution in [0, 0.1) is 5.92 Å². The van der Waals surface area contributed by atoms with Gasteiger partial charge in [-0.15, -0.1) is 0 Å². The van der Waals surface area contributed by atoms with Gasteiger partial charge in [0, 0.05) is 6.54 Å². The van der Waals surface area contributed by atoms with Crippen LogP contribution < -0.4 is 15.7 Å². The minimum atomic E-state index is -0.507. The number of carbonyl (C=O) groups excluding carboxylic acids is 1. The molecule has 3 rings (SSSR count). The van der Waals surface area contributed by atoms with Crippen LogP contribution in [-0.2, 0) is 0 Å². The third-order valence-corrected chi connectivity index (χ3v) is 4.47. The quantitative estimate of drug-likeness (QED) is 0.941. The first-order chi connectivity index (χ1) is 11.2. The number of methoxy groups -OCH3 is 1. The van der Waals surface area contributed by atoms with Gasteiger partial charge in [0.25, 0.3) is 5.91 Å². The van der Waals surface area contributed by atoms with Crippen molar-refractivity contribution in [3.8, 4) is 5.75 Å². The molecule has 2 aromatic rings. The molecular weight excluding hydrogens is 294 g/mol. The van der Waals surface area contributed by atoms with Crippen LogP contribution >= 0.6 is 0 Å². The van der Waals surface area contributed by atoms with E-state index in [4.69, 9.17) is 9.15 Å². The number of nitrogens with one attached hydrogen (secondary N) is 1. The number of hydrogen-bond acceptors (Lipinski definition) is 4. The molecule has 122 valence electrons. The van der Waals surface area contributed by atoms with Crippen LogP contribution in [0.3, 0.4) is 0 Å². The maximum Gasteiger partial charge on any atom is 0.344 e. The lowest BCUT2D eigenvalue weighted by Crippen LogP contribution is -2.30. The van der Waals surface area contributed by atoms with E-state index < -0.39 is 5.63 Å². The van der Waals surface area contributed by atoms with Crippen LogP contribution in [0.1, 0.15) is 42.7 Å². The van der Waals surface area contributed by atoms with Crippen molar-refractivity contribution in [2.45, 2.75) is 32.1 Å². The molecule has 0 aliphatic heterocycles. The minimum Gasteiger partial charge on any atom is -0.497 e. The molecule has 1 amide bonds. The van der Waals surface area contributed by atoms with E-state index in [-0.39, 0.29) is 11.7 Å². The molecule has 1 fully saturated rings. The maximum atomic E-state index is 12.3. The molecule has 0 atom stereocenters. The molecule has 0 saturated heterocycles. The summed E-state index contributed by atoms with van der Waals surface area (Å²) in [7, 11) is 1.56. The van der Waals surface area contributed by atoms with Gasteiger partial charge in [-0.05, 0) is 48.4 Å². The molecule has 5 heteroatoms. The summed E-state index contributed by atoms with van der Waals surface area (Å²) < 4.78 is 10.3. The number of hydrogen-bond donors (Lipinski definition) is 1. The molecule has 23 heavy (non-hydrogen) atoms. The fraction of sp³-hybridized carbons (Fsp3) is 0.444. The molecule has 1 aliphatic rings. The van der Waals surface area contributed by atoms with Gasteiger partial charge < -0.3 is 14.5 Å². The predicted molar refractivity (Wildman–Crippen MR) is 87.9 cm³/mol. The zero-order valence-corrected chi connectivity index (χ0v) is 13.3. The summed E-state index contributed by atoms with van der Waals surface area (Å²) in [5, 5.41) is 3.97. The number of amides is 1. The molecule has 1 aromatic carbocycles. The second-order valence-electron chi connectivity index (χ2n) is 6.07. The molecule has 5 nitrogen and oxygen atoms in total. The second kappa shape index (κ2) is 6.86. The maximum absolute atomic E-state index is 12.3. The van der Waals surface area contributed by atoms with E-state index in [0.29, 0.717) is 29.0 Å². The fourth-order valence-corrected chi connectivity index (χ4v) is 3.13. The summed E-state index contributed by atoms with van der Waals surface area (Å²) in [6.45, 7) is 0.638. The molecule has 1 aliphatic carbocycles. The monoisotopic (exact) mass is 315 g/mol. The number of rotatable bonds is 4. The van der Waals surface area contributed by atoms with Crippen LogP contribution in [0.15, 0.2) is 33.5 Å². The van der Waals surface area contributed by atoms with Crippen molar-refractivity contribution in [2.24, 2.45) is 5.92 Å². The van der Waals surface area contributed by atoms with Crippen molar-refractivity contribution in [1.29, 1.82) is 0 Å². The van der Waals surface area contributed by atoms with Crippen LogP contribution in [0.2, 0.25) is 0 Å². The smallest absolute Gasteiger partial charge is 0.344 e. The Bertz CT molecular complexity index is 759. The number of benzene rings is 1. The van der Waals surface area contributed by atoms with E-state index >= 15 is 0 Å². The van der Waals surface area contributed by atoms with E-state index in [1.54, 1.807) is 31.4 Å². The average Bonchev–Trinajstić information content (AvgIpc) is 2.60. The third kappa shape index (κ3) is 3.55. The van der Waals surface area contributed by atoms with E-state index in [1.165, 1.54) is 19.3 Å². The normalized spacial score (nSPS) is 15.5.